The SMILES string of the molecule is CCNC(=NCCS(=O)(=O)CC)N1CCC(C(=O)OC)CC1.I. The molecule has 1 N–H and O–H groups in total. The van der Waals surface area contributed by atoms with Gasteiger partial charge < -0.3 is 15.0 Å². The predicted molar refractivity (Wildman–Crippen MR) is 102 cm³/mol. The number of likely N-dealkylation sites (tertiary alicyclic amines) is 1. The van der Waals surface area contributed by atoms with Crippen LogP contribution in [-0.2, 0) is 19.4 Å². The van der Waals surface area contributed by atoms with Crippen molar-refractivity contribution in [3.63, 3.8) is 0 Å². The summed E-state index contributed by atoms with van der Waals surface area (Å²) in [4.78, 5) is 18.0. The first kappa shape index (κ1) is 22.4. The zero-order chi connectivity index (χ0) is 16.6. The smallest absolute Gasteiger partial charge is 0.308 e. The average Bonchev–Trinajstić information content (AvgIpc) is 2.53. The summed E-state index contributed by atoms with van der Waals surface area (Å²) in [6, 6.07) is 0. The van der Waals surface area contributed by atoms with Gasteiger partial charge in [-0.3, -0.25) is 9.79 Å². The van der Waals surface area contributed by atoms with Crippen molar-refractivity contribution in [2.45, 2.75) is 26.7 Å². The zero-order valence-electron chi connectivity index (χ0n) is 14.1. The number of guanidine groups is 1. The van der Waals surface area contributed by atoms with E-state index in [9.17, 15) is 13.2 Å². The lowest BCUT2D eigenvalue weighted by molar-refractivity contribution is -0.146. The number of halogens is 1. The number of carbonyl (C=O) groups excluding carboxylic acids is 1. The fraction of sp³-hybridized carbons (Fsp3) is 0.857. The van der Waals surface area contributed by atoms with Crippen LogP contribution in [0.15, 0.2) is 4.99 Å². The van der Waals surface area contributed by atoms with Crippen LogP contribution in [0.25, 0.3) is 0 Å². The normalized spacial score (nSPS) is 16.7. The number of rotatable bonds is 6. The Bertz CT molecular complexity index is 488. The van der Waals surface area contributed by atoms with Crippen LogP contribution in [0.4, 0.5) is 0 Å². The molecule has 1 rings (SSSR count). The Hall–Kier alpha value is -0.580. The maximum Gasteiger partial charge on any atom is 0.308 e. The van der Waals surface area contributed by atoms with E-state index < -0.39 is 9.84 Å². The van der Waals surface area contributed by atoms with E-state index in [1.54, 1.807) is 6.92 Å². The van der Waals surface area contributed by atoms with Crippen molar-refractivity contribution in [1.82, 2.24) is 10.2 Å². The monoisotopic (exact) mass is 461 g/mol. The van der Waals surface area contributed by atoms with E-state index in [2.05, 4.69) is 15.2 Å². The number of piperidine rings is 1. The molecule has 7 nitrogen and oxygen atoms in total. The molecule has 0 aromatic heterocycles. The molecule has 1 aliphatic heterocycles. The summed E-state index contributed by atoms with van der Waals surface area (Å²) in [6.45, 7) is 6.02. The Morgan fingerprint density at radius 3 is 2.39 bits per heavy atom. The highest BCUT2D eigenvalue weighted by Gasteiger charge is 2.26. The van der Waals surface area contributed by atoms with Crippen molar-refractivity contribution in [2.75, 3.05) is 44.8 Å². The number of hydrogen-bond acceptors (Lipinski definition) is 5. The largest absolute Gasteiger partial charge is 0.469 e. The van der Waals surface area contributed by atoms with Crippen molar-refractivity contribution in [3.05, 3.63) is 0 Å². The standard InChI is InChI=1S/C14H27N3O4S.HI/c1-4-15-14(16-8-11-22(19,20)5-2)17-9-6-12(7-10-17)13(18)21-3;/h12H,4-11H2,1-3H3,(H,15,16);1H. The minimum atomic E-state index is -3.00. The number of carbonyl (C=O) groups is 1. The summed E-state index contributed by atoms with van der Waals surface area (Å²) in [5.41, 5.74) is 0. The summed E-state index contributed by atoms with van der Waals surface area (Å²) >= 11 is 0. The molecular weight excluding hydrogens is 433 g/mol. The fourth-order valence-corrected chi connectivity index (χ4v) is 3.01. The number of esters is 1. The minimum Gasteiger partial charge on any atom is -0.469 e. The second kappa shape index (κ2) is 11.1. The Morgan fingerprint density at radius 1 is 1.30 bits per heavy atom. The molecule has 23 heavy (non-hydrogen) atoms. The van der Waals surface area contributed by atoms with Crippen LogP contribution >= 0.6 is 24.0 Å². The minimum absolute atomic E-state index is 0. The highest BCUT2D eigenvalue weighted by Crippen LogP contribution is 2.18. The molecule has 1 fully saturated rings. The van der Waals surface area contributed by atoms with E-state index in [1.165, 1.54) is 7.11 Å². The zero-order valence-corrected chi connectivity index (χ0v) is 17.2. The van der Waals surface area contributed by atoms with Gasteiger partial charge in [0.25, 0.3) is 0 Å². The van der Waals surface area contributed by atoms with Gasteiger partial charge in [0, 0.05) is 25.4 Å². The van der Waals surface area contributed by atoms with Gasteiger partial charge in [0.05, 0.1) is 25.3 Å². The Morgan fingerprint density at radius 2 is 1.91 bits per heavy atom. The van der Waals surface area contributed by atoms with Crippen molar-refractivity contribution in [3.8, 4) is 0 Å². The Labute approximate surface area is 156 Å². The first-order valence-electron chi connectivity index (χ1n) is 7.75. The molecule has 0 radical (unpaired) electrons. The van der Waals surface area contributed by atoms with Gasteiger partial charge in [-0.1, -0.05) is 6.92 Å². The van der Waals surface area contributed by atoms with Crippen molar-refractivity contribution < 1.29 is 17.9 Å². The van der Waals surface area contributed by atoms with Crippen LogP contribution in [0.3, 0.4) is 0 Å². The molecule has 0 aromatic rings. The van der Waals surface area contributed by atoms with E-state index in [0.29, 0.717) is 13.1 Å². The maximum atomic E-state index is 11.5. The van der Waals surface area contributed by atoms with Crippen molar-refractivity contribution >= 4 is 45.7 Å². The van der Waals surface area contributed by atoms with Crippen molar-refractivity contribution in [1.29, 1.82) is 0 Å². The first-order chi connectivity index (χ1) is 10.4. The summed E-state index contributed by atoms with van der Waals surface area (Å²) in [5.74, 6) is 0.720. The number of sulfone groups is 1. The van der Waals surface area contributed by atoms with E-state index in [-0.39, 0.29) is 53.9 Å². The van der Waals surface area contributed by atoms with Crippen LogP contribution in [0.5, 0.6) is 0 Å². The first-order valence-corrected chi connectivity index (χ1v) is 9.57. The van der Waals surface area contributed by atoms with Gasteiger partial charge in [0.2, 0.25) is 0 Å². The number of hydrogen-bond donors (Lipinski definition) is 1. The van der Waals surface area contributed by atoms with Gasteiger partial charge in [0.1, 0.15) is 0 Å². The second-order valence-electron chi connectivity index (χ2n) is 5.26. The van der Waals surface area contributed by atoms with Gasteiger partial charge in [0.15, 0.2) is 15.8 Å². The lowest BCUT2D eigenvalue weighted by Gasteiger charge is -2.33. The molecular formula is C14H28IN3O4S. The molecule has 1 heterocycles. The van der Waals surface area contributed by atoms with Crippen molar-refractivity contribution in [2.24, 2.45) is 10.9 Å². The summed E-state index contributed by atoms with van der Waals surface area (Å²) < 4.78 is 27.8. The van der Waals surface area contributed by atoms with E-state index in [4.69, 9.17) is 4.74 Å². The molecule has 1 aliphatic rings. The highest BCUT2D eigenvalue weighted by molar-refractivity contribution is 14.0. The number of ether oxygens (including phenoxy) is 1. The molecule has 0 unspecified atom stereocenters. The third kappa shape index (κ3) is 7.69. The van der Waals surface area contributed by atoms with Gasteiger partial charge in [-0.2, -0.15) is 0 Å². The third-order valence-electron chi connectivity index (χ3n) is 3.77. The van der Waals surface area contributed by atoms with E-state index in [1.807, 2.05) is 6.92 Å². The van der Waals surface area contributed by atoms with E-state index in [0.717, 1.165) is 25.3 Å². The lowest BCUT2D eigenvalue weighted by Crippen LogP contribution is -2.46. The molecule has 0 aliphatic carbocycles. The summed E-state index contributed by atoms with van der Waals surface area (Å²) in [6.07, 6.45) is 1.45. The lowest BCUT2D eigenvalue weighted by atomic mass is 9.97. The molecule has 136 valence electrons. The molecule has 0 aromatic carbocycles. The van der Waals surface area contributed by atoms with Crippen LogP contribution < -0.4 is 5.32 Å². The van der Waals surface area contributed by atoms with Gasteiger partial charge in [-0.05, 0) is 19.8 Å². The van der Waals surface area contributed by atoms with Gasteiger partial charge in [-0.25, -0.2) is 8.42 Å². The summed E-state index contributed by atoms with van der Waals surface area (Å²) in [7, 11) is -1.59. The molecule has 0 atom stereocenters. The van der Waals surface area contributed by atoms with Crippen LogP contribution in [-0.4, -0.2) is 70.0 Å². The van der Waals surface area contributed by atoms with Gasteiger partial charge >= 0.3 is 5.97 Å². The predicted octanol–water partition coefficient (Wildman–Crippen LogP) is 0.890. The van der Waals surface area contributed by atoms with Crippen LogP contribution in [0.2, 0.25) is 0 Å². The second-order valence-corrected chi connectivity index (χ2v) is 7.73. The fourth-order valence-electron chi connectivity index (χ4n) is 2.35. The van der Waals surface area contributed by atoms with E-state index >= 15 is 0 Å². The number of methoxy groups -OCH3 is 1. The van der Waals surface area contributed by atoms with Crippen LogP contribution in [0.1, 0.15) is 26.7 Å². The van der Waals surface area contributed by atoms with Crippen LogP contribution in [0, 0.1) is 5.92 Å². The quantitative estimate of drug-likeness (QED) is 0.274. The molecule has 0 saturated carbocycles. The topological polar surface area (TPSA) is 88.1 Å². The Kier molecular flexibility index (Phi) is 10.8. The molecule has 0 amide bonds. The number of nitrogens with one attached hydrogen (secondary N) is 1. The molecule has 9 heteroatoms. The highest BCUT2D eigenvalue weighted by atomic mass is 127. The number of nitrogens with zero attached hydrogens (tertiary/aromatic N) is 2. The number of aliphatic imine (C=N–C) groups is 1. The Balaban J connectivity index is 0.00000484. The molecule has 0 spiro atoms. The van der Waals surface area contributed by atoms with Gasteiger partial charge in [-0.15, -0.1) is 24.0 Å². The third-order valence-corrected chi connectivity index (χ3v) is 5.45. The maximum absolute atomic E-state index is 11.5. The average molecular weight is 461 g/mol. The molecule has 1 saturated heterocycles. The summed E-state index contributed by atoms with van der Waals surface area (Å²) in [5, 5.41) is 3.18. The molecule has 0 bridgehead atoms.